The smallest absolute Gasteiger partial charge is 0.479 e. The fourth-order valence-corrected chi connectivity index (χ4v) is 3.89. The first kappa shape index (κ1) is 28.0. The average molecular weight is 500 g/mol. The number of unbranched alkanes of at least 4 members (excludes halogenated alkanes) is 5. The molecule has 0 aromatic rings. The van der Waals surface area contributed by atoms with E-state index in [2.05, 4.69) is 10.3 Å². The highest BCUT2D eigenvalue weighted by Gasteiger charge is 2.48. The molecule has 0 saturated carbocycles. The summed E-state index contributed by atoms with van der Waals surface area (Å²) in [4.78, 5) is 40.5. The fraction of sp³-hybridized carbons (Fsp3) is 0.727. The van der Waals surface area contributed by atoms with Crippen molar-refractivity contribution in [2.75, 3.05) is 26.8 Å². The second-order valence-corrected chi connectivity index (χ2v) is 8.43. The Morgan fingerprint density at radius 3 is 2.46 bits per heavy atom. The van der Waals surface area contributed by atoms with Gasteiger partial charge in [-0.3, -0.25) is 0 Å². The molecular formula is C22H37N5O8. The lowest BCUT2D eigenvalue weighted by molar-refractivity contribution is -0.147. The molecule has 0 bridgehead atoms. The Morgan fingerprint density at radius 2 is 1.86 bits per heavy atom. The number of nitrogens with zero attached hydrogens (tertiary/aromatic N) is 1. The molecule has 0 spiro atoms. The normalized spacial score (nSPS) is 24.2. The van der Waals surface area contributed by atoms with Crippen molar-refractivity contribution in [3.8, 4) is 0 Å². The van der Waals surface area contributed by atoms with Crippen LogP contribution in [0.4, 0.5) is 9.59 Å². The topological polar surface area (TPSA) is 200 Å². The second kappa shape index (κ2) is 14.2. The predicted octanol–water partition coefficient (Wildman–Crippen LogP) is 0.650. The Morgan fingerprint density at radius 1 is 1.17 bits per heavy atom. The molecule has 0 aromatic heterocycles. The quantitative estimate of drug-likeness (QED) is 0.0911. The van der Waals surface area contributed by atoms with Crippen molar-refractivity contribution in [3.05, 3.63) is 11.8 Å². The molecule has 5 atom stereocenters. The molecule has 2 aliphatic heterocycles. The number of rotatable bonds is 13. The molecule has 198 valence electrons. The van der Waals surface area contributed by atoms with Crippen LogP contribution in [0.3, 0.4) is 0 Å². The Balaban J connectivity index is 2.07. The monoisotopic (exact) mass is 499 g/mol. The van der Waals surface area contributed by atoms with Crippen LogP contribution in [-0.4, -0.2) is 75.3 Å². The summed E-state index contributed by atoms with van der Waals surface area (Å²) in [5.74, 6) is -1.58. The van der Waals surface area contributed by atoms with Gasteiger partial charge < -0.3 is 46.2 Å². The van der Waals surface area contributed by atoms with Crippen molar-refractivity contribution in [2.45, 2.75) is 69.8 Å². The number of esters is 1. The van der Waals surface area contributed by atoms with Crippen LogP contribution in [0, 0.1) is 5.92 Å². The molecule has 0 aromatic carbocycles. The molecule has 0 aliphatic carbocycles. The van der Waals surface area contributed by atoms with Gasteiger partial charge >= 0.3 is 18.2 Å². The van der Waals surface area contributed by atoms with Crippen LogP contribution in [0.25, 0.3) is 0 Å². The predicted molar refractivity (Wildman–Crippen MR) is 125 cm³/mol. The number of ether oxygens (including phenoxy) is 5. The molecule has 7 N–H and O–H groups in total. The minimum absolute atomic E-state index is 0.153. The van der Waals surface area contributed by atoms with Crippen LogP contribution in [0.5, 0.6) is 0 Å². The van der Waals surface area contributed by atoms with Crippen LogP contribution < -0.4 is 22.5 Å². The van der Waals surface area contributed by atoms with E-state index in [4.69, 9.17) is 40.9 Å². The third kappa shape index (κ3) is 8.81. The standard InChI is InChI=1S/C22H37N5O8/c1-13-14(27-20(24)25)11-15(19(28)31-2)33-17(13)18(16-12-32-22(30)34-16)35-21(29)26-10-8-6-4-3-5-7-9-23/h11,13-14,16-18H,3-10,12,23H2,1-2H3,(H,26,29)(H4,24,25,27)/t13-,14+,16-,17?,18-/m1/s1. The highest BCUT2D eigenvalue weighted by atomic mass is 16.8. The number of cyclic esters (lactones) is 2. The number of carbonyl (C=O) groups excluding carboxylic acids is 3. The number of hydrogen-bond acceptors (Lipinski definition) is 10. The molecular weight excluding hydrogens is 462 g/mol. The molecule has 13 heteroatoms. The van der Waals surface area contributed by atoms with Crippen molar-refractivity contribution in [2.24, 2.45) is 28.1 Å². The largest absolute Gasteiger partial charge is 0.508 e. The maximum Gasteiger partial charge on any atom is 0.508 e. The van der Waals surface area contributed by atoms with Crippen molar-refractivity contribution >= 4 is 24.2 Å². The molecule has 35 heavy (non-hydrogen) atoms. The Bertz CT molecular complexity index is 786. The summed E-state index contributed by atoms with van der Waals surface area (Å²) >= 11 is 0. The van der Waals surface area contributed by atoms with E-state index >= 15 is 0 Å². The minimum atomic E-state index is -1.11. The molecule has 1 saturated heterocycles. The van der Waals surface area contributed by atoms with Crippen LogP contribution in [-0.2, 0) is 28.5 Å². The number of hydrogen-bond donors (Lipinski definition) is 4. The second-order valence-electron chi connectivity index (χ2n) is 8.43. The lowest BCUT2D eigenvalue weighted by atomic mass is 9.87. The van der Waals surface area contributed by atoms with E-state index in [9.17, 15) is 14.4 Å². The third-order valence-corrected chi connectivity index (χ3v) is 5.77. The summed E-state index contributed by atoms with van der Waals surface area (Å²) in [6.45, 7) is 2.70. The van der Waals surface area contributed by atoms with Crippen LogP contribution in [0.15, 0.2) is 16.8 Å². The van der Waals surface area contributed by atoms with Crippen molar-refractivity contribution in [1.82, 2.24) is 5.32 Å². The number of nitrogens with two attached hydrogens (primary N) is 3. The average Bonchev–Trinajstić information content (AvgIpc) is 3.25. The van der Waals surface area contributed by atoms with Gasteiger partial charge in [-0.15, -0.1) is 0 Å². The number of methoxy groups -OCH3 is 1. The fourth-order valence-electron chi connectivity index (χ4n) is 3.89. The summed E-state index contributed by atoms with van der Waals surface area (Å²) in [5.41, 5.74) is 16.6. The van der Waals surface area contributed by atoms with Gasteiger partial charge in [0.05, 0.1) is 13.2 Å². The molecule has 0 radical (unpaired) electrons. The van der Waals surface area contributed by atoms with Crippen molar-refractivity contribution in [1.29, 1.82) is 0 Å². The Labute approximate surface area is 204 Å². The minimum Gasteiger partial charge on any atom is -0.479 e. The molecule has 1 unspecified atom stereocenters. The summed E-state index contributed by atoms with van der Waals surface area (Å²) in [5, 5.41) is 2.70. The van der Waals surface area contributed by atoms with Gasteiger partial charge in [0.15, 0.2) is 18.2 Å². The molecule has 1 amide bonds. The van der Waals surface area contributed by atoms with E-state index in [1.807, 2.05) is 0 Å². The number of guanidine groups is 1. The molecule has 2 heterocycles. The van der Waals surface area contributed by atoms with Crippen LogP contribution in [0.2, 0.25) is 0 Å². The van der Waals surface area contributed by atoms with E-state index in [0.717, 1.165) is 38.5 Å². The van der Waals surface area contributed by atoms with E-state index < -0.39 is 48.5 Å². The van der Waals surface area contributed by atoms with Gasteiger partial charge in [0.2, 0.25) is 5.76 Å². The van der Waals surface area contributed by atoms with Gasteiger partial charge in [-0.2, -0.15) is 0 Å². The number of amides is 1. The summed E-state index contributed by atoms with van der Waals surface area (Å²) in [6, 6.07) is -0.681. The molecule has 1 fully saturated rings. The lowest BCUT2D eigenvalue weighted by Crippen LogP contribution is -2.52. The van der Waals surface area contributed by atoms with E-state index in [-0.39, 0.29) is 18.3 Å². The zero-order valence-electron chi connectivity index (χ0n) is 20.3. The number of alkyl carbamates (subject to hydrolysis) is 1. The number of nitrogens with one attached hydrogen (secondary N) is 1. The first-order chi connectivity index (χ1) is 16.8. The molecule has 2 aliphatic rings. The highest BCUT2D eigenvalue weighted by molar-refractivity contribution is 5.86. The number of aliphatic imine (C=N–C) groups is 1. The summed E-state index contributed by atoms with van der Waals surface area (Å²) in [7, 11) is 1.20. The van der Waals surface area contributed by atoms with E-state index in [1.54, 1.807) is 6.92 Å². The van der Waals surface area contributed by atoms with Gasteiger partial charge in [0.1, 0.15) is 12.7 Å². The zero-order valence-corrected chi connectivity index (χ0v) is 20.3. The number of carbonyl (C=O) groups is 3. The zero-order chi connectivity index (χ0) is 25.8. The Hall–Kier alpha value is -3.22. The van der Waals surface area contributed by atoms with Gasteiger partial charge in [-0.05, 0) is 25.5 Å². The highest BCUT2D eigenvalue weighted by Crippen LogP contribution is 2.32. The maximum absolute atomic E-state index is 12.6. The van der Waals surface area contributed by atoms with Gasteiger partial charge in [0.25, 0.3) is 0 Å². The van der Waals surface area contributed by atoms with Crippen molar-refractivity contribution in [3.63, 3.8) is 0 Å². The summed E-state index contributed by atoms with van der Waals surface area (Å²) < 4.78 is 26.3. The van der Waals surface area contributed by atoms with Gasteiger partial charge in [-0.25, -0.2) is 19.4 Å². The molecule has 13 nitrogen and oxygen atoms in total. The van der Waals surface area contributed by atoms with E-state index in [0.29, 0.717) is 13.1 Å². The summed E-state index contributed by atoms with van der Waals surface area (Å²) in [6.07, 6.45) is 2.79. The lowest BCUT2D eigenvalue weighted by Gasteiger charge is -2.38. The SMILES string of the molecule is COC(=O)C1=C[C@H](N=C(N)N)[C@@H](C)C([C@H](OC(=O)NCCCCCCCCN)[C@H]2COC(=O)O2)O1. The van der Waals surface area contributed by atoms with Crippen LogP contribution >= 0.6 is 0 Å². The van der Waals surface area contributed by atoms with Crippen LogP contribution in [0.1, 0.15) is 45.4 Å². The first-order valence-electron chi connectivity index (χ1n) is 11.8. The maximum atomic E-state index is 12.6. The van der Waals surface area contributed by atoms with E-state index in [1.165, 1.54) is 13.2 Å². The Kier molecular flexibility index (Phi) is 11.4. The first-order valence-corrected chi connectivity index (χ1v) is 11.8. The van der Waals surface area contributed by atoms with Gasteiger partial charge in [-0.1, -0.05) is 32.6 Å². The third-order valence-electron chi connectivity index (χ3n) is 5.77. The van der Waals surface area contributed by atoms with Gasteiger partial charge in [0, 0.05) is 12.5 Å². The molecule has 2 rings (SSSR count). The van der Waals surface area contributed by atoms with Crippen molar-refractivity contribution < 1.29 is 38.1 Å².